The van der Waals surface area contributed by atoms with Gasteiger partial charge in [0.15, 0.2) is 0 Å². The van der Waals surface area contributed by atoms with Crippen LogP contribution in [0.3, 0.4) is 0 Å². The number of rotatable bonds is 5. The monoisotopic (exact) mass is 252 g/mol. The molecule has 0 bridgehead atoms. The van der Waals surface area contributed by atoms with E-state index in [1.54, 1.807) is 0 Å². The minimum Gasteiger partial charge on any atom is -0.0654 e. The molecule has 1 atom stereocenters. The quantitative estimate of drug-likeness (QED) is 0.629. The van der Waals surface area contributed by atoms with Gasteiger partial charge in [0.25, 0.3) is 0 Å². The van der Waals surface area contributed by atoms with E-state index in [1.807, 2.05) is 0 Å². The van der Waals surface area contributed by atoms with Gasteiger partial charge in [-0.05, 0) is 41.0 Å². The molecule has 0 aromatic heterocycles. The zero-order valence-electron chi connectivity index (χ0n) is 12.3. The molecular weight excluding hydrogens is 228 g/mol. The molecule has 0 fully saturated rings. The summed E-state index contributed by atoms with van der Waals surface area (Å²) in [6, 6.07) is 17.9. The Kier molecular flexibility index (Phi) is 4.79. The van der Waals surface area contributed by atoms with Crippen LogP contribution in [-0.2, 0) is 6.42 Å². The van der Waals surface area contributed by atoms with Gasteiger partial charge in [0.2, 0.25) is 0 Å². The van der Waals surface area contributed by atoms with E-state index in [9.17, 15) is 0 Å². The van der Waals surface area contributed by atoms with Gasteiger partial charge in [-0.15, -0.1) is 0 Å². The number of hydrogen-bond donors (Lipinski definition) is 0. The van der Waals surface area contributed by atoms with Crippen LogP contribution in [0.4, 0.5) is 0 Å². The highest BCUT2D eigenvalue weighted by molar-refractivity contribution is 5.65. The second kappa shape index (κ2) is 6.56. The van der Waals surface area contributed by atoms with E-state index < -0.39 is 0 Å². The second-order valence-electron chi connectivity index (χ2n) is 5.37. The van der Waals surface area contributed by atoms with E-state index in [2.05, 4.69) is 69.3 Å². The predicted octanol–water partition coefficient (Wildman–Crippen LogP) is 5.82. The number of benzene rings is 2. The van der Waals surface area contributed by atoms with E-state index in [1.165, 1.54) is 35.1 Å². The summed E-state index contributed by atoms with van der Waals surface area (Å²) in [5.41, 5.74) is 5.55. The summed E-state index contributed by atoms with van der Waals surface area (Å²) >= 11 is 0. The zero-order chi connectivity index (χ0) is 13.7. The van der Waals surface area contributed by atoms with Crippen LogP contribution in [0.15, 0.2) is 48.5 Å². The summed E-state index contributed by atoms with van der Waals surface area (Å²) < 4.78 is 0. The Hall–Kier alpha value is -1.56. The number of hydrogen-bond acceptors (Lipinski definition) is 0. The summed E-state index contributed by atoms with van der Waals surface area (Å²) in [5.74, 6) is 0.652. The van der Waals surface area contributed by atoms with E-state index in [0.29, 0.717) is 5.92 Å². The van der Waals surface area contributed by atoms with Crippen molar-refractivity contribution in [2.24, 2.45) is 0 Å². The maximum absolute atomic E-state index is 2.36. The molecule has 0 N–H and O–H groups in total. The van der Waals surface area contributed by atoms with Crippen LogP contribution < -0.4 is 0 Å². The molecule has 100 valence electrons. The Labute approximate surface area is 117 Å². The van der Waals surface area contributed by atoms with Crippen molar-refractivity contribution in [1.82, 2.24) is 0 Å². The van der Waals surface area contributed by atoms with Gasteiger partial charge in [-0.25, -0.2) is 0 Å². The lowest BCUT2D eigenvalue weighted by Gasteiger charge is -2.12. The van der Waals surface area contributed by atoms with Gasteiger partial charge in [0, 0.05) is 0 Å². The van der Waals surface area contributed by atoms with Gasteiger partial charge in [-0.1, -0.05) is 75.7 Å². The molecule has 19 heavy (non-hydrogen) atoms. The van der Waals surface area contributed by atoms with Crippen molar-refractivity contribution >= 4 is 0 Å². The van der Waals surface area contributed by atoms with Crippen LogP contribution in [-0.4, -0.2) is 0 Å². The van der Waals surface area contributed by atoms with Crippen LogP contribution in [0.2, 0.25) is 0 Å². The van der Waals surface area contributed by atoms with E-state index in [0.717, 1.165) is 6.42 Å². The van der Waals surface area contributed by atoms with Gasteiger partial charge in [-0.3, -0.25) is 0 Å². The SMILES string of the molecule is CCCC(C)c1cccc(-c2cccc(CC)c2)c1. The molecule has 0 nitrogen and oxygen atoms in total. The molecule has 0 saturated heterocycles. The lowest BCUT2D eigenvalue weighted by atomic mass is 9.93. The fraction of sp³-hybridized carbons (Fsp3) is 0.368. The van der Waals surface area contributed by atoms with Crippen molar-refractivity contribution in [2.75, 3.05) is 0 Å². The zero-order valence-corrected chi connectivity index (χ0v) is 12.3. The Morgan fingerprint density at radius 2 is 1.58 bits per heavy atom. The van der Waals surface area contributed by atoms with Crippen LogP contribution in [0.1, 0.15) is 50.7 Å². The summed E-state index contributed by atoms with van der Waals surface area (Å²) in [6.07, 6.45) is 3.61. The molecule has 2 aromatic carbocycles. The van der Waals surface area contributed by atoms with Crippen LogP contribution in [0.25, 0.3) is 11.1 Å². The number of aryl methyl sites for hydroxylation is 1. The third-order valence-corrected chi connectivity index (χ3v) is 3.85. The van der Waals surface area contributed by atoms with E-state index in [4.69, 9.17) is 0 Å². The maximum atomic E-state index is 2.36. The van der Waals surface area contributed by atoms with Crippen molar-refractivity contribution in [1.29, 1.82) is 0 Å². The Morgan fingerprint density at radius 1 is 0.895 bits per heavy atom. The highest BCUT2D eigenvalue weighted by Gasteiger charge is 2.06. The lowest BCUT2D eigenvalue weighted by molar-refractivity contribution is 0.665. The minimum atomic E-state index is 0.652. The van der Waals surface area contributed by atoms with E-state index in [-0.39, 0.29) is 0 Å². The van der Waals surface area contributed by atoms with Crippen molar-refractivity contribution in [3.63, 3.8) is 0 Å². The van der Waals surface area contributed by atoms with E-state index >= 15 is 0 Å². The van der Waals surface area contributed by atoms with Crippen molar-refractivity contribution in [2.45, 2.75) is 46.0 Å². The highest BCUT2D eigenvalue weighted by atomic mass is 14.1. The molecule has 0 saturated carbocycles. The van der Waals surface area contributed by atoms with Gasteiger partial charge in [0.1, 0.15) is 0 Å². The van der Waals surface area contributed by atoms with Gasteiger partial charge < -0.3 is 0 Å². The lowest BCUT2D eigenvalue weighted by Crippen LogP contribution is -1.93. The summed E-state index contributed by atoms with van der Waals surface area (Å²) in [7, 11) is 0. The van der Waals surface area contributed by atoms with Crippen LogP contribution >= 0.6 is 0 Å². The molecular formula is C19H24. The Morgan fingerprint density at radius 3 is 2.26 bits per heavy atom. The van der Waals surface area contributed by atoms with Crippen molar-refractivity contribution < 1.29 is 0 Å². The molecule has 1 unspecified atom stereocenters. The smallest absolute Gasteiger partial charge is 0.0181 e. The fourth-order valence-electron chi connectivity index (χ4n) is 2.60. The predicted molar refractivity (Wildman–Crippen MR) is 84.6 cm³/mol. The summed E-state index contributed by atoms with van der Waals surface area (Å²) in [4.78, 5) is 0. The molecule has 0 aliphatic heterocycles. The molecule has 2 rings (SSSR count). The summed E-state index contributed by atoms with van der Waals surface area (Å²) in [6.45, 7) is 6.79. The molecule has 0 aliphatic carbocycles. The highest BCUT2D eigenvalue weighted by Crippen LogP contribution is 2.27. The third-order valence-electron chi connectivity index (χ3n) is 3.85. The largest absolute Gasteiger partial charge is 0.0654 e. The molecule has 0 aliphatic rings. The van der Waals surface area contributed by atoms with Gasteiger partial charge >= 0.3 is 0 Å². The normalized spacial score (nSPS) is 12.4. The molecule has 0 heteroatoms. The topological polar surface area (TPSA) is 0 Å². The van der Waals surface area contributed by atoms with Crippen LogP contribution in [0, 0.1) is 0 Å². The molecule has 0 heterocycles. The van der Waals surface area contributed by atoms with Crippen molar-refractivity contribution in [3.05, 3.63) is 59.7 Å². The second-order valence-corrected chi connectivity index (χ2v) is 5.37. The Bertz CT molecular complexity index is 525. The third kappa shape index (κ3) is 3.47. The first-order valence-corrected chi connectivity index (χ1v) is 7.43. The average Bonchev–Trinajstić information content (AvgIpc) is 2.48. The van der Waals surface area contributed by atoms with Gasteiger partial charge in [-0.2, -0.15) is 0 Å². The molecule has 0 amide bonds. The molecule has 2 aromatic rings. The fourth-order valence-corrected chi connectivity index (χ4v) is 2.60. The first-order valence-electron chi connectivity index (χ1n) is 7.43. The van der Waals surface area contributed by atoms with Gasteiger partial charge in [0.05, 0.1) is 0 Å². The minimum absolute atomic E-state index is 0.652. The first-order chi connectivity index (χ1) is 9.24. The molecule has 0 spiro atoms. The average molecular weight is 252 g/mol. The van der Waals surface area contributed by atoms with Crippen LogP contribution in [0.5, 0.6) is 0 Å². The molecule has 0 radical (unpaired) electrons. The summed E-state index contributed by atoms with van der Waals surface area (Å²) in [5, 5.41) is 0. The maximum Gasteiger partial charge on any atom is -0.0181 e. The first kappa shape index (κ1) is 13.9. The standard InChI is InChI=1S/C19H24/c1-4-8-15(3)17-10-7-12-19(14-17)18-11-6-9-16(5-2)13-18/h6-7,9-15H,4-5,8H2,1-3H3. The van der Waals surface area contributed by atoms with Crippen molar-refractivity contribution in [3.8, 4) is 11.1 Å². The Balaban J connectivity index is 2.31.